The third kappa shape index (κ3) is 4.04. The summed E-state index contributed by atoms with van der Waals surface area (Å²) in [5.74, 6) is -0.798. The summed E-state index contributed by atoms with van der Waals surface area (Å²) in [6, 6.07) is 2.33. The van der Waals surface area contributed by atoms with Crippen LogP contribution in [-0.2, 0) is 11.3 Å². The first-order valence-electron chi connectivity index (χ1n) is 7.61. The second kappa shape index (κ2) is 7.18. The quantitative estimate of drug-likeness (QED) is 0.888. The molecule has 1 saturated heterocycles. The zero-order chi connectivity index (χ0) is 17.1. The van der Waals surface area contributed by atoms with Gasteiger partial charge in [-0.05, 0) is 13.0 Å². The molecule has 7 nitrogen and oxygen atoms in total. The van der Waals surface area contributed by atoms with Crippen molar-refractivity contribution in [2.24, 2.45) is 0 Å². The Morgan fingerprint density at radius 1 is 1.50 bits per heavy atom. The van der Waals surface area contributed by atoms with Crippen molar-refractivity contribution in [2.75, 3.05) is 11.9 Å². The van der Waals surface area contributed by atoms with Crippen molar-refractivity contribution in [2.45, 2.75) is 39.0 Å². The Morgan fingerprint density at radius 2 is 2.25 bits per heavy atom. The highest BCUT2D eigenvalue weighted by atomic mass is 32.1. The van der Waals surface area contributed by atoms with E-state index >= 15 is 0 Å². The third-order valence-corrected chi connectivity index (χ3v) is 4.69. The van der Waals surface area contributed by atoms with Crippen molar-refractivity contribution in [3.63, 3.8) is 0 Å². The maximum absolute atomic E-state index is 14.0. The molecule has 1 aliphatic heterocycles. The molecule has 128 valence electrons. The summed E-state index contributed by atoms with van der Waals surface area (Å²) in [5, 5.41) is 2.80. The lowest BCUT2D eigenvalue weighted by Crippen LogP contribution is -2.28. The van der Waals surface area contributed by atoms with E-state index in [1.54, 1.807) is 18.5 Å². The molecule has 2 aromatic rings. The number of hydrogen-bond donors (Lipinski definition) is 1. The molecule has 2 aromatic heterocycles. The molecule has 1 fully saturated rings. The highest BCUT2D eigenvalue weighted by Crippen LogP contribution is 2.28. The first-order valence-corrected chi connectivity index (χ1v) is 8.43. The summed E-state index contributed by atoms with van der Waals surface area (Å²) in [5.41, 5.74) is 0. The van der Waals surface area contributed by atoms with Gasteiger partial charge in [0.15, 0.2) is 5.13 Å². The molecule has 9 heteroatoms. The van der Waals surface area contributed by atoms with E-state index in [0.717, 1.165) is 17.8 Å². The molecule has 1 N–H and O–H groups in total. The number of anilines is 1. The number of ether oxygens (including phenoxy) is 1. The minimum atomic E-state index is -0.535. The Hall–Kier alpha value is -2.13. The van der Waals surface area contributed by atoms with Crippen molar-refractivity contribution >= 4 is 22.4 Å². The molecule has 0 aliphatic carbocycles. The van der Waals surface area contributed by atoms with Crippen LogP contribution in [0.25, 0.3) is 0 Å². The molecule has 1 amide bonds. The van der Waals surface area contributed by atoms with Crippen molar-refractivity contribution < 1.29 is 13.9 Å². The number of amides is 1. The normalized spacial score (nSPS) is 21.0. The lowest BCUT2D eigenvalue weighted by atomic mass is 10.2. The number of nitrogens with one attached hydrogen (secondary N) is 1. The molecule has 1 aliphatic rings. The monoisotopic (exact) mass is 351 g/mol. The average molecular weight is 351 g/mol. The number of halogens is 1. The van der Waals surface area contributed by atoms with Gasteiger partial charge in [-0.15, -0.1) is 0 Å². The minimum absolute atomic E-state index is 0.0341. The van der Waals surface area contributed by atoms with Gasteiger partial charge in [0.05, 0.1) is 4.88 Å². The summed E-state index contributed by atoms with van der Waals surface area (Å²) in [6.07, 6.45) is 4.05. The molecule has 0 unspecified atom stereocenters. The van der Waals surface area contributed by atoms with E-state index in [2.05, 4.69) is 32.1 Å². The van der Waals surface area contributed by atoms with Gasteiger partial charge in [-0.3, -0.25) is 9.69 Å². The van der Waals surface area contributed by atoms with Gasteiger partial charge >= 0.3 is 6.01 Å². The second-order valence-corrected chi connectivity index (χ2v) is 6.78. The van der Waals surface area contributed by atoms with Crippen LogP contribution in [0.3, 0.4) is 0 Å². The van der Waals surface area contributed by atoms with E-state index < -0.39 is 5.95 Å². The molecule has 0 aromatic carbocycles. The van der Waals surface area contributed by atoms with E-state index in [4.69, 9.17) is 4.74 Å². The van der Waals surface area contributed by atoms with E-state index in [1.165, 1.54) is 6.92 Å². The smallest absolute Gasteiger partial charge is 0.316 e. The molecule has 0 spiro atoms. The second-order valence-electron chi connectivity index (χ2n) is 5.70. The number of carbonyl (C=O) groups excluding carboxylic acids is 1. The van der Waals surface area contributed by atoms with Crippen molar-refractivity contribution in [1.82, 2.24) is 19.9 Å². The van der Waals surface area contributed by atoms with Crippen LogP contribution >= 0.6 is 11.3 Å². The molecule has 0 saturated carbocycles. The highest BCUT2D eigenvalue weighted by molar-refractivity contribution is 7.15. The van der Waals surface area contributed by atoms with E-state index in [9.17, 15) is 9.18 Å². The average Bonchev–Trinajstić information content (AvgIpc) is 3.03. The molecule has 0 bridgehead atoms. The number of thiazole rings is 1. The van der Waals surface area contributed by atoms with Gasteiger partial charge < -0.3 is 10.1 Å². The summed E-state index contributed by atoms with van der Waals surface area (Å²) < 4.78 is 19.7. The predicted octanol–water partition coefficient (Wildman–Crippen LogP) is 2.07. The lowest BCUT2D eigenvalue weighted by Gasteiger charge is -2.19. The first-order chi connectivity index (χ1) is 11.5. The fraction of sp³-hybridized carbons (Fsp3) is 0.467. The van der Waals surface area contributed by atoms with Crippen LogP contribution in [0.1, 0.15) is 25.1 Å². The number of rotatable bonds is 5. The number of aromatic nitrogens is 3. The molecule has 3 heterocycles. The van der Waals surface area contributed by atoms with E-state index in [0.29, 0.717) is 24.0 Å². The predicted molar refractivity (Wildman–Crippen MR) is 87.3 cm³/mol. The fourth-order valence-corrected chi connectivity index (χ4v) is 3.58. The number of likely N-dealkylation sites (tertiary alicyclic amines) is 1. The Kier molecular flexibility index (Phi) is 5.00. The van der Waals surface area contributed by atoms with Crippen LogP contribution in [0.4, 0.5) is 9.52 Å². The molecule has 3 rings (SSSR count). The maximum Gasteiger partial charge on any atom is 0.316 e. The van der Waals surface area contributed by atoms with E-state index in [-0.39, 0.29) is 23.2 Å². The van der Waals surface area contributed by atoms with Gasteiger partial charge in [0, 0.05) is 44.9 Å². The Labute approximate surface area is 142 Å². The lowest BCUT2D eigenvalue weighted by molar-refractivity contribution is -0.114. The standard InChI is InChI=1S/C15H18FN5O2S/c1-9-6-11(23-14-17-4-3-5-18-14)7-21(9)8-12-13(16)20-15(24-12)19-10(2)22/h3-5,9,11H,6-8H2,1-2H3,(H,19,20,22)/t9-,11+/m0/s1. The van der Waals surface area contributed by atoms with Crippen molar-refractivity contribution in [3.8, 4) is 6.01 Å². The SMILES string of the molecule is CC(=O)Nc1nc(F)c(CN2C[C@H](Oc3ncccn3)C[C@@H]2C)s1. The molecule has 2 atom stereocenters. The molecule has 24 heavy (non-hydrogen) atoms. The molecular formula is C15H18FN5O2S. The first kappa shape index (κ1) is 16.7. The summed E-state index contributed by atoms with van der Waals surface area (Å²) in [7, 11) is 0. The van der Waals surface area contributed by atoms with Crippen molar-refractivity contribution in [3.05, 3.63) is 29.3 Å². The van der Waals surface area contributed by atoms with Crippen LogP contribution in [0.2, 0.25) is 0 Å². The van der Waals surface area contributed by atoms with E-state index in [1.807, 2.05) is 0 Å². The Balaban J connectivity index is 1.61. The largest absolute Gasteiger partial charge is 0.459 e. The Bertz CT molecular complexity index is 711. The summed E-state index contributed by atoms with van der Waals surface area (Å²) in [4.78, 5) is 25.5. The molecular weight excluding hydrogens is 333 g/mol. The zero-order valence-corrected chi connectivity index (χ0v) is 14.2. The van der Waals surface area contributed by atoms with Gasteiger partial charge in [-0.2, -0.15) is 9.37 Å². The van der Waals surface area contributed by atoms with Crippen molar-refractivity contribution in [1.29, 1.82) is 0 Å². The van der Waals surface area contributed by atoms with Crippen LogP contribution in [0, 0.1) is 5.95 Å². The third-order valence-electron chi connectivity index (χ3n) is 3.76. The van der Waals surface area contributed by atoms with Gasteiger partial charge in [0.2, 0.25) is 11.9 Å². The number of carbonyl (C=O) groups is 1. The van der Waals surface area contributed by atoms with Gasteiger partial charge in [-0.1, -0.05) is 11.3 Å². The van der Waals surface area contributed by atoms with Gasteiger partial charge in [-0.25, -0.2) is 9.97 Å². The minimum Gasteiger partial charge on any atom is -0.459 e. The van der Waals surface area contributed by atoms with Crippen LogP contribution < -0.4 is 10.1 Å². The highest BCUT2D eigenvalue weighted by Gasteiger charge is 2.32. The maximum atomic E-state index is 14.0. The molecule has 0 radical (unpaired) electrons. The fourth-order valence-electron chi connectivity index (χ4n) is 2.67. The topological polar surface area (TPSA) is 80.2 Å². The van der Waals surface area contributed by atoms with Gasteiger partial charge in [0.25, 0.3) is 0 Å². The zero-order valence-electron chi connectivity index (χ0n) is 13.4. The van der Waals surface area contributed by atoms with Crippen LogP contribution in [0.5, 0.6) is 6.01 Å². The Morgan fingerprint density at radius 3 is 2.96 bits per heavy atom. The van der Waals surface area contributed by atoms with Crippen LogP contribution in [-0.4, -0.2) is 44.4 Å². The number of nitrogens with zero attached hydrogens (tertiary/aromatic N) is 4. The summed E-state index contributed by atoms with van der Waals surface area (Å²) >= 11 is 1.16. The van der Waals surface area contributed by atoms with Crippen LogP contribution in [0.15, 0.2) is 18.5 Å². The number of hydrogen-bond acceptors (Lipinski definition) is 7. The summed E-state index contributed by atoms with van der Waals surface area (Å²) in [6.45, 7) is 4.53. The van der Waals surface area contributed by atoms with Gasteiger partial charge in [0.1, 0.15) is 6.10 Å².